The second-order valence-corrected chi connectivity index (χ2v) is 5.37. The van der Waals surface area contributed by atoms with E-state index in [9.17, 15) is 35.9 Å². The summed E-state index contributed by atoms with van der Waals surface area (Å²) in [4.78, 5) is 23.0. The molecule has 11 heteroatoms. The Morgan fingerprint density at radius 2 is 1.39 bits per heavy atom. The normalized spacial score (nSPS) is 11.0. The fraction of sp³-hybridized carbons (Fsp3) is 0.0588. The van der Waals surface area contributed by atoms with Crippen LogP contribution in [0.4, 0.5) is 26.3 Å². The minimum atomic E-state index is -2.36. The standard InChI is InChI=1S/C17H7ClF6O4/c18-8-2-1-3-9(19)17(8)28-11(26)5-4-10(25)27-6-7-12(20)14(22)16(24)15(23)13(7)21/h1-5H,6H2/b5-4+. The summed E-state index contributed by atoms with van der Waals surface area (Å²) in [6.45, 7) is -1.30. The smallest absolute Gasteiger partial charge is 0.336 e. The van der Waals surface area contributed by atoms with Gasteiger partial charge in [-0.1, -0.05) is 17.7 Å². The topological polar surface area (TPSA) is 52.6 Å². The van der Waals surface area contributed by atoms with E-state index in [0.717, 1.165) is 6.07 Å². The molecular weight excluding hydrogens is 418 g/mol. The average molecular weight is 425 g/mol. The van der Waals surface area contributed by atoms with E-state index in [1.54, 1.807) is 0 Å². The number of para-hydroxylation sites is 1. The lowest BCUT2D eigenvalue weighted by atomic mass is 10.2. The molecule has 2 rings (SSSR count). The van der Waals surface area contributed by atoms with Crippen molar-refractivity contribution in [2.75, 3.05) is 0 Å². The Bertz CT molecular complexity index is 927. The van der Waals surface area contributed by atoms with Crippen LogP contribution in [-0.2, 0) is 20.9 Å². The van der Waals surface area contributed by atoms with Crippen molar-refractivity contribution in [2.24, 2.45) is 0 Å². The number of halogens is 7. The first-order valence-corrected chi connectivity index (χ1v) is 7.52. The Labute approximate surface area is 157 Å². The predicted octanol–water partition coefficient (Wildman–Crippen LogP) is 4.38. The van der Waals surface area contributed by atoms with E-state index in [0.29, 0.717) is 12.2 Å². The summed E-state index contributed by atoms with van der Waals surface area (Å²) < 4.78 is 88.2. The summed E-state index contributed by atoms with van der Waals surface area (Å²) in [5.41, 5.74) is -1.38. The molecule has 4 nitrogen and oxygen atoms in total. The molecule has 0 aliphatic carbocycles. The lowest BCUT2D eigenvalue weighted by Gasteiger charge is -2.08. The first-order chi connectivity index (χ1) is 13.1. The van der Waals surface area contributed by atoms with Gasteiger partial charge in [0.15, 0.2) is 34.8 Å². The third-order valence-corrected chi connectivity index (χ3v) is 3.43. The van der Waals surface area contributed by atoms with Crippen LogP contribution < -0.4 is 4.74 Å². The van der Waals surface area contributed by atoms with Gasteiger partial charge in [-0.3, -0.25) is 0 Å². The number of hydrogen-bond donors (Lipinski definition) is 0. The highest BCUT2D eigenvalue weighted by atomic mass is 35.5. The molecule has 0 saturated heterocycles. The van der Waals surface area contributed by atoms with E-state index in [-0.39, 0.29) is 5.02 Å². The fourth-order valence-electron chi connectivity index (χ4n) is 1.82. The first-order valence-electron chi connectivity index (χ1n) is 7.14. The van der Waals surface area contributed by atoms with Crippen molar-refractivity contribution >= 4 is 23.5 Å². The fourth-order valence-corrected chi connectivity index (χ4v) is 2.02. The van der Waals surface area contributed by atoms with Crippen LogP contribution in [0.25, 0.3) is 0 Å². The zero-order chi connectivity index (χ0) is 21.0. The number of carbonyl (C=O) groups excluding carboxylic acids is 2. The lowest BCUT2D eigenvalue weighted by Crippen LogP contribution is -2.11. The molecule has 0 amide bonds. The molecule has 0 saturated carbocycles. The van der Waals surface area contributed by atoms with Gasteiger partial charge >= 0.3 is 11.9 Å². The Kier molecular flexibility index (Phi) is 6.68. The van der Waals surface area contributed by atoms with Crippen LogP contribution in [0.5, 0.6) is 5.75 Å². The van der Waals surface area contributed by atoms with Crippen molar-refractivity contribution in [2.45, 2.75) is 6.61 Å². The van der Waals surface area contributed by atoms with Crippen molar-refractivity contribution in [3.63, 3.8) is 0 Å². The number of carbonyl (C=O) groups is 2. The number of esters is 2. The Hall–Kier alpha value is -3.01. The number of ether oxygens (including phenoxy) is 2. The summed E-state index contributed by atoms with van der Waals surface area (Å²) in [5.74, 6) is -15.3. The Morgan fingerprint density at radius 3 is 1.96 bits per heavy atom. The van der Waals surface area contributed by atoms with E-state index in [1.807, 2.05) is 0 Å². The molecular formula is C17H7ClF6O4. The molecule has 0 aliphatic rings. The number of hydrogen-bond acceptors (Lipinski definition) is 4. The van der Waals surface area contributed by atoms with E-state index in [4.69, 9.17) is 11.6 Å². The molecule has 0 aromatic heterocycles. The van der Waals surface area contributed by atoms with Gasteiger partial charge in [0.1, 0.15) is 6.61 Å². The molecule has 0 bridgehead atoms. The van der Waals surface area contributed by atoms with Gasteiger partial charge in [-0.05, 0) is 12.1 Å². The molecule has 0 unspecified atom stereocenters. The third-order valence-electron chi connectivity index (χ3n) is 3.14. The van der Waals surface area contributed by atoms with Crippen molar-refractivity contribution in [1.29, 1.82) is 0 Å². The van der Waals surface area contributed by atoms with Crippen molar-refractivity contribution in [3.05, 3.63) is 75.8 Å². The van der Waals surface area contributed by atoms with Gasteiger partial charge in [-0.15, -0.1) is 0 Å². The van der Waals surface area contributed by atoms with Gasteiger partial charge in [0.2, 0.25) is 5.82 Å². The van der Waals surface area contributed by atoms with Crippen LogP contribution in [0.1, 0.15) is 5.56 Å². The van der Waals surface area contributed by atoms with Crippen LogP contribution in [0.2, 0.25) is 5.02 Å². The van der Waals surface area contributed by atoms with Crippen molar-refractivity contribution in [1.82, 2.24) is 0 Å². The van der Waals surface area contributed by atoms with Crippen molar-refractivity contribution < 1.29 is 45.4 Å². The second kappa shape index (κ2) is 8.79. The van der Waals surface area contributed by atoms with Crippen LogP contribution in [0.15, 0.2) is 30.4 Å². The van der Waals surface area contributed by atoms with Crippen molar-refractivity contribution in [3.8, 4) is 5.75 Å². The highest BCUT2D eigenvalue weighted by Crippen LogP contribution is 2.27. The summed E-state index contributed by atoms with van der Waals surface area (Å²) >= 11 is 5.63. The molecule has 0 radical (unpaired) electrons. The molecule has 0 N–H and O–H groups in total. The zero-order valence-corrected chi connectivity index (χ0v) is 14.1. The molecule has 0 fully saturated rings. The van der Waals surface area contributed by atoms with Gasteiger partial charge in [-0.2, -0.15) is 0 Å². The number of rotatable bonds is 5. The summed E-state index contributed by atoms with van der Waals surface area (Å²) in [7, 11) is 0. The Balaban J connectivity index is 2.02. The monoisotopic (exact) mass is 424 g/mol. The molecule has 0 heterocycles. The van der Waals surface area contributed by atoms with E-state index >= 15 is 0 Å². The van der Waals surface area contributed by atoms with E-state index in [2.05, 4.69) is 9.47 Å². The van der Waals surface area contributed by atoms with E-state index in [1.165, 1.54) is 12.1 Å². The number of benzene rings is 2. The van der Waals surface area contributed by atoms with Gasteiger partial charge in [0.25, 0.3) is 0 Å². The van der Waals surface area contributed by atoms with Gasteiger partial charge in [-0.25, -0.2) is 35.9 Å². The average Bonchev–Trinajstić information content (AvgIpc) is 2.66. The van der Waals surface area contributed by atoms with Gasteiger partial charge in [0, 0.05) is 12.2 Å². The largest absolute Gasteiger partial charge is 0.457 e. The Morgan fingerprint density at radius 1 is 0.857 bits per heavy atom. The highest BCUT2D eigenvalue weighted by molar-refractivity contribution is 6.32. The van der Waals surface area contributed by atoms with Crippen LogP contribution >= 0.6 is 11.6 Å². The summed E-state index contributed by atoms with van der Waals surface area (Å²) in [6.07, 6.45) is 0.909. The first kappa shape index (κ1) is 21.3. The van der Waals surface area contributed by atoms with Gasteiger partial charge in [0.05, 0.1) is 10.6 Å². The quantitative estimate of drug-likeness (QED) is 0.178. The summed E-state index contributed by atoms with van der Waals surface area (Å²) in [5, 5.41) is -0.226. The maximum atomic E-state index is 13.5. The molecule has 148 valence electrons. The van der Waals surface area contributed by atoms with Crippen LogP contribution in [0.3, 0.4) is 0 Å². The van der Waals surface area contributed by atoms with Gasteiger partial charge < -0.3 is 9.47 Å². The molecule has 0 aliphatic heterocycles. The lowest BCUT2D eigenvalue weighted by molar-refractivity contribution is -0.139. The minimum absolute atomic E-state index is 0.226. The summed E-state index contributed by atoms with van der Waals surface area (Å²) in [6, 6.07) is 3.44. The SMILES string of the molecule is O=C(/C=C/C(=O)Oc1c(F)cccc1Cl)OCc1c(F)c(F)c(F)c(F)c1F. The van der Waals surface area contributed by atoms with Crippen LogP contribution in [-0.4, -0.2) is 11.9 Å². The van der Waals surface area contributed by atoms with E-state index < -0.39 is 64.8 Å². The molecule has 0 atom stereocenters. The second-order valence-electron chi connectivity index (χ2n) is 4.96. The molecule has 0 spiro atoms. The minimum Gasteiger partial charge on any atom is -0.457 e. The third kappa shape index (κ3) is 4.63. The zero-order valence-electron chi connectivity index (χ0n) is 13.4. The predicted molar refractivity (Wildman–Crippen MR) is 82.2 cm³/mol. The maximum Gasteiger partial charge on any atom is 0.336 e. The maximum absolute atomic E-state index is 13.5. The highest BCUT2D eigenvalue weighted by Gasteiger charge is 2.26. The van der Waals surface area contributed by atoms with Crippen LogP contribution in [0, 0.1) is 34.9 Å². The molecule has 2 aromatic carbocycles. The molecule has 2 aromatic rings. The molecule has 28 heavy (non-hydrogen) atoms.